The fourth-order valence-electron chi connectivity index (χ4n) is 2.41. The highest BCUT2D eigenvalue weighted by Crippen LogP contribution is 2.41. The van der Waals surface area contributed by atoms with Crippen molar-refractivity contribution in [1.29, 1.82) is 0 Å². The van der Waals surface area contributed by atoms with Gasteiger partial charge in [-0.2, -0.15) is 0 Å². The molecule has 0 saturated heterocycles. The van der Waals surface area contributed by atoms with Crippen molar-refractivity contribution in [3.05, 3.63) is 36.2 Å². The minimum atomic E-state index is -0.483. The Hall–Kier alpha value is -2.35. The van der Waals surface area contributed by atoms with Crippen LogP contribution in [0.3, 0.4) is 0 Å². The van der Waals surface area contributed by atoms with E-state index in [1.807, 2.05) is 34.9 Å². The Kier molecular flexibility index (Phi) is 5.37. The number of urea groups is 1. The van der Waals surface area contributed by atoms with Gasteiger partial charge in [-0.25, -0.2) is 4.79 Å². The maximum Gasteiger partial charge on any atom is 0.321 e. The number of nitrogens with one attached hydrogen (secondary N) is 2. The summed E-state index contributed by atoms with van der Waals surface area (Å²) in [5.41, 5.74) is 0.980. The van der Waals surface area contributed by atoms with Crippen molar-refractivity contribution >= 4 is 23.7 Å². The molecular weight excluding hydrogens is 338 g/mol. The highest BCUT2D eigenvalue weighted by molar-refractivity contribution is 8.00. The van der Waals surface area contributed by atoms with Crippen LogP contribution >= 0.6 is 11.8 Å². The molecule has 8 heteroatoms. The molecule has 0 bridgehead atoms. The maximum absolute atomic E-state index is 12.2. The smallest absolute Gasteiger partial charge is 0.321 e. The van der Waals surface area contributed by atoms with Crippen molar-refractivity contribution in [2.75, 3.05) is 6.54 Å². The third kappa shape index (κ3) is 4.19. The van der Waals surface area contributed by atoms with E-state index in [9.17, 15) is 9.59 Å². The standard InChI is InChI=1S/C17H21N5O2S/c1-3-18-16(24)19-15(23)11(2)25-17-21-20-14(12-9-10-12)22(17)13-7-5-4-6-8-13/h4-8,11-12H,3,9-10H2,1-2H3,(H2,18,19,23,24). The second kappa shape index (κ2) is 7.69. The molecule has 1 fully saturated rings. The summed E-state index contributed by atoms with van der Waals surface area (Å²) in [6.45, 7) is 4.01. The van der Waals surface area contributed by atoms with Crippen LogP contribution in [-0.2, 0) is 4.79 Å². The third-order valence-electron chi connectivity index (χ3n) is 3.84. The lowest BCUT2D eigenvalue weighted by Gasteiger charge is -2.13. The summed E-state index contributed by atoms with van der Waals surface area (Å²) in [6.07, 6.45) is 2.23. The van der Waals surface area contributed by atoms with Gasteiger partial charge in [-0.3, -0.25) is 14.7 Å². The van der Waals surface area contributed by atoms with E-state index in [1.165, 1.54) is 11.8 Å². The van der Waals surface area contributed by atoms with Crippen LogP contribution in [0, 0.1) is 0 Å². The van der Waals surface area contributed by atoms with Crippen molar-refractivity contribution in [2.45, 2.75) is 43.0 Å². The number of nitrogens with zero attached hydrogens (tertiary/aromatic N) is 3. The van der Waals surface area contributed by atoms with Gasteiger partial charge in [0, 0.05) is 18.2 Å². The first-order valence-corrected chi connectivity index (χ1v) is 9.24. The summed E-state index contributed by atoms with van der Waals surface area (Å²) in [4.78, 5) is 23.7. The number of hydrogen-bond acceptors (Lipinski definition) is 5. The number of amides is 3. The Bertz CT molecular complexity index is 758. The van der Waals surface area contributed by atoms with E-state index in [-0.39, 0.29) is 5.91 Å². The van der Waals surface area contributed by atoms with Crippen molar-refractivity contribution < 1.29 is 9.59 Å². The number of rotatable bonds is 6. The number of para-hydroxylation sites is 1. The van der Waals surface area contributed by atoms with Crippen LogP contribution in [-0.4, -0.2) is 38.5 Å². The molecule has 0 spiro atoms. The number of benzene rings is 1. The monoisotopic (exact) mass is 359 g/mol. The fraction of sp³-hybridized carbons (Fsp3) is 0.412. The Morgan fingerprint density at radius 2 is 2.00 bits per heavy atom. The molecule has 1 saturated carbocycles. The molecule has 0 radical (unpaired) electrons. The van der Waals surface area contributed by atoms with E-state index in [2.05, 4.69) is 20.8 Å². The molecule has 3 amide bonds. The minimum Gasteiger partial charge on any atom is -0.338 e. The summed E-state index contributed by atoms with van der Waals surface area (Å²) in [6, 6.07) is 9.40. The molecular formula is C17H21N5O2S. The second-order valence-electron chi connectivity index (χ2n) is 5.89. The maximum atomic E-state index is 12.2. The predicted molar refractivity (Wildman–Crippen MR) is 95.9 cm³/mol. The molecule has 132 valence electrons. The lowest BCUT2D eigenvalue weighted by Crippen LogP contribution is -2.42. The molecule has 7 nitrogen and oxygen atoms in total. The zero-order valence-corrected chi connectivity index (χ0v) is 15.0. The van der Waals surface area contributed by atoms with Crippen LogP contribution in [0.2, 0.25) is 0 Å². The van der Waals surface area contributed by atoms with Gasteiger partial charge in [0.15, 0.2) is 5.16 Å². The minimum absolute atomic E-state index is 0.355. The van der Waals surface area contributed by atoms with Crippen molar-refractivity contribution in [2.24, 2.45) is 0 Å². The number of thioether (sulfide) groups is 1. The van der Waals surface area contributed by atoms with Gasteiger partial charge in [0.25, 0.3) is 0 Å². The number of aromatic nitrogens is 3. The molecule has 2 N–H and O–H groups in total. The summed E-state index contributed by atoms with van der Waals surface area (Å²) < 4.78 is 2.01. The lowest BCUT2D eigenvalue weighted by atomic mass is 10.3. The average molecular weight is 359 g/mol. The number of carbonyl (C=O) groups excluding carboxylic acids is 2. The zero-order chi connectivity index (χ0) is 17.8. The largest absolute Gasteiger partial charge is 0.338 e. The Morgan fingerprint density at radius 1 is 1.28 bits per heavy atom. The Balaban J connectivity index is 1.78. The van der Waals surface area contributed by atoms with Crippen LogP contribution in [0.5, 0.6) is 0 Å². The fourth-order valence-corrected chi connectivity index (χ4v) is 3.29. The van der Waals surface area contributed by atoms with E-state index in [0.717, 1.165) is 24.4 Å². The molecule has 1 unspecified atom stereocenters. The quantitative estimate of drug-likeness (QED) is 0.774. The van der Waals surface area contributed by atoms with Gasteiger partial charge in [0.05, 0.1) is 5.25 Å². The molecule has 1 aliphatic rings. The third-order valence-corrected chi connectivity index (χ3v) is 4.88. The summed E-state index contributed by atoms with van der Waals surface area (Å²) >= 11 is 1.30. The van der Waals surface area contributed by atoms with E-state index in [4.69, 9.17) is 0 Å². The van der Waals surface area contributed by atoms with E-state index in [1.54, 1.807) is 13.8 Å². The molecule has 25 heavy (non-hydrogen) atoms. The van der Waals surface area contributed by atoms with Gasteiger partial charge in [-0.05, 0) is 38.8 Å². The lowest BCUT2D eigenvalue weighted by molar-refractivity contribution is -0.119. The van der Waals surface area contributed by atoms with Gasteiger partial charge in [0.1, 0.15) is 5.82 Å². The number of carbonyl (C=O) groups is 2. The van der Waals surface area contributed by atoms with Crippen LogP contribution in [0.15, 0.2) is 35.5 Å². The second-order valence-corrected chi connectivity index (χ2v) is 7.20. The average Bonchev–Trinajstić information content (AvgIpc) is 3.36. The van der Waals surface area contributed by atoms with Crippen LogP contribution in [0.4, 0.5) is 4.79 Å². The van der Waals surface area contributed by atoms with Gasteiger partial charge in [0.2, 0.25) is 5.91 Å². The Morgan fingerprint density at radius 3 is 2.64 bits per heavy atom. The molecule has 3 rings (SSSR count). The first kappa shape index (κ1) is 17.5. The van der Waals surface area contributed by atoms with Crippen LogP contribution < -0.4 is 10.6 Å². The molecule has 1 aromatic heterocycles. The van der Waals surface area contributed by atoms with Crippen molar-refractivity contribution in [1.82, 2.24) is 25.4 Å². The van der Waals surface area contributed by atoms with Gasteiger partial charge in [-0.15, -0.1) is 10.2 Å². The topological polar surface area (TPSA) is 88.9 Å². The Labute approximate surface area is 150 Å². The molecule has 1 aliphatic carbocycles. The summed E-state index contributed by atoms with van der Waals surface area (Å²) in [5, 5.41) is 13.7. The number of hydrogen-bond donors (Lipinski definition) is 2. The predicted octanol–water partition coefficient (Wildman–Crippen LogP) is 2.47. The zero-order valence-electron chi connectivity index (χ0n) is 14.2. The molecule has 0 aliphatic heterocycles. The highest BCUT2D eigenvalue weighted by atomic mass is 32.2. The van der Waals surface area contributed by atoms with Crippen molar-refractivity contribution in [3.63, 3.8) is 0 Å². The van der Waals surface area contributed by atoms with E-state index < -0.39 is 11.3 Å². The van der Waals surface area contributed by atoms with Gasteiger partial charge >= 0.3 is 6.03 Å². The van der Waals surface area contributed by atoms with Gasteiger partial charge < -0.3 is 5.32 Å². The SMILES string of the molecule is CCNC(=O)NC(=O)C(C)Sc1nnc(C2CC2)n1-c1ccccc1. The van der Waals surface area contributed by atoms with Crippen LogP contribution in [0.25, 0.3) is 5.69 Å². The molecule has 1 aromatic carbocycles. The molecule has 1 heterocycles. The van der Waals surface area contributed by atoms with Crippen LogP contribution in [0.1, 0.15) is 38.4 Å². The van der Waals surface area contributed by atoms with Crippen molar-refractivity contribution in [3.8, 4) is 5.69 Å². The number of imide groups is 1. The highest BCUT2D eigenvalue weighted by Gasteiger charge is 2.32. The van der Waals surface area contributed by atoms with Gasteiger partial charge in [-0.1, -0.05) is 30.0 Å². The first-order chi connectivity index (χ1) is 12.1. The van der Waals surface area contributed by atoms with E-state index >= 15 is 0 Å². The normalized spacial score (nSPS) is 14.8. The van der Waals surface area contributed by atoms with E-state index in [0.29, 0.717) is 17.6 Å². The molecule has 2 aromatic rings. The molecule has 1 atom stereocenters. The summed E-state index contributed by atoms with van der Waals surface area (Å²) in [5.74, 6) is 1.01. The first-order valence-electron chi connectivity index (χ1n) is 8.36. The summed E-state index contributed by atoms with van der Waals surface area (Å²) in [7, 11) is 0.